The van der Waals surface area contributed by atoms with Crippen LogP contribution in [0.25, 0.3) is 0 Å². The predicted molar refractivity (Wildman–Crippen MR) is 133 cm³/mol. The van der Waals surface area contributed by atoms with Gasteiger partial charge in [-0.3, -0.25) is 9.10 Å². The molecule has 1 amide bonds. The van der Waals surface area contributed by atoms with Gasteiger partial charge < -0.3 is 5.32 Å². The molecule has 0 bridgehead atoms. The third-order valence-corrected chi connectivity index (χ3v) is 6.75. The van der Waals surface area contributed by atoms with Gasteiger partial charge in [-0.2, -0.15) is 13.2 Å². The average molecular weight is 538 g/mol. The number of pyridine rings is 1. The lowest BCUT2D eigenvalue weighted by atomic mass is 9.99. The minimum absolute atomic E-state index is 0.0580. The molecule has 3 aromatic rings. The number of thiol groups is 1. The van der Waals surface area contributed by atoms with Gasteiger partial charge in [-0.15, -0.1) is 0 Å². The number of alkyl halides is 3. The fourth-order valence-corrected chi connectivity index (χ4v) is 4.05. The molecule has 0 aliphatic rings. The summed E-state index contributed by atoms with van der Waals surface area (Å²) in [5.41, 5.74) is 1.86. The van der Waals surface area contributed by atoms with Crippen LogP contribution >= 0.6 is 0 Å². The summed E-state index contributed by atoms with van der Waals surface area (Å²) in [6.45, 7) is 3.43. The maximum absolute atomic E-state index is 14.4. The molecule has 11 heteroatoms. The number of anilines is 1. The first-order valence-electron chi connectivity index (χ1n) is 11.4. The molecule has 2 aromatic carbocycles. The third-order valence-electron chi connectivity index (χ3n) is 6.04. The van der Waals surface area contributed by atoms with Crippen LogP contribution in [0.4, 0.5) is 23.2 Å². The van der Waals surface area contributed by atoms with Crippen LogP contribution in [0.2, 0.25) is 0 Å². The zero-order valence-electron chi connectivity index (χ0n) is 20.5. The van der Waals surface area contributed by atoms with Gasteiger partial charge in [-0.1, -0.05) is 42.0 Å². The van der Waals surface area contributed by atoms with Gasteiger partial charge in [0.2, 0.25) is 16.8 Å². The Morgan fingerprint density at radius 1 is 1.05 bits per heavy atom. The number of nitrogens with zero attached hydrogens (tertiary/aromatic N) is 2. The molecule has 1 unspecified atom stereocenters. The monoisotopic (exact) mass is 537 g/mol. The van der Waals surface area contributed by atoms with E-state index in [1.807, 2.05) is 31.2 Å². The van der Waals surface area contributed by atoms with Crippen molar-refractivity contribution < 1.29 is 30.8 Å². The van der Waals surface area contributed by atoms with E-state index in [-0.39, 0.29) is 24.3 Å². The van der Waals surface area contributed by atoms with Gasteiger partial charge in [0.25, 0.3) is 0 Å². The minimum atomic E-state index is -4.60. The summed E-state index contributed by atoms with van der Waals surface area (Å²) in [5.74, 6) is -2.07. The van der Waals surface area contributed by atoms with Gasteiger partial charge in [-0.05, 0) is 61.6 Å². The van der Waals surface area contributed by atoms with E-state index in [9.17, 15) is 30.8 Å². The summed E-state index contributed by atoms with van der Waals surface area (Å²) in [7, 11) is -1.82. The molecular formula is C26H27F4N3O3S. The number of nitrogens with one attached hydrogen (secondary N) is 1. The Morgan fingerprint density at radius 3 is 2.32 bits per heavy atom. The number of halogens is 4. The summed E-state index contributed by atoms with van der Waals surface area (Å²) < 4.78 is 77.2. The van der Waals surface area contributed by atoms with E-state index in [0.29, 0.717) is 17.5 Å². The normalized spacial score (nSPS) is 12.4. The second-order valence-corrected chi connectivity index (χ2v) is 9.77. The average Bonchev–Trinajstić information content (AvgIpc) is 2.85. The van der Waals surface area contributed by atoms with Crippen molar-refractivity contribution in [3.05, 3.63) is 94.1 Å². The molecule has 1 atom stereocenters. The van der Waals surface area contributed by atoms with Crippen molar-refractivity contribution in [2.75, 3.05) is 11.4 Å². The van der Waals surface area contributed by atoms with E-state index in [0.717, 1.165) is 27.6 Å². The molecule has 6 nitrogen and oxygen atoms in total. The van der Waals surface area contributed by atoms with Crippen LogP contribution in [0.5, 0.6) is 0 Å². The SMILES string of the molecule is Cc1ccc(CCc2nc(C(F)(F)F)ccc2CNC(=O)C(C)c2ccc(N(C)[SH](=O)=O)c(F)c2)cc1. The third kappa shape index (κ3) is 7.28. The van der Waals surface area contributed by atoms with Gasteiger partial charge in [0.15, 0.2) is 0 Å². The maximum Gasteiger partial charge on any atom is 0.433 e. The highest BCUT2D eigenvalue weighted by Crippen LogP contribution is 2.29. The second kappa shape index (κ2) is 11.7. The number of carbonyl (C=O) groups excluding carboxylic acids is 1. The lowest BCUT2D eigenvalue weighted by molar-refractivity contribution is -0.141. The topological polar surface area (TPSA) is 79.4 Å². The smallest absolute Gasteiger partial charge is 0.351 e. The molecule has 0 saturated carbocycles. The predicted octanol–water partition coefficient (Wildman–Crippen LogP) is 4.72. The molecule has 0 fully saturated rings. The number of hydrogen-bond acceptors (Lipinski definition) is 4. The quantitative estimate of drug-likeness (QED) is 0.306. The summed E-state index contributed by atoms with van der Waals surface area (Å²) in [4.78, 5) is 16.6. The van der Waals surface area contributed by atoms with Crippen molar-refractivity contribution in [3.8, 4) is 0 Å². The molecular weight excluding hydrogens is 510 g/mol. The van der Waals surface area contributed by atoms with Crippen LogP contribution in [-0.2, 0) is 41.2 Å². The van der Waals surface area contributed by atoms with E-state index in [2.05, 4.69) is 10.3 Å². The van der Waals surface area contributed by atoms with E-state index in [1.165, 1.54) is 25.2 Å². The van der Waals surface area contributed by atoms with Gasteiger partial charge in [0, 0.05) is 19.3 Å². The van der Waals surface area contributed by atoms with Crippen molar-refractivity contribution in [2.24, 2.45) is 0 Å². The fourth-order valence-electron chi connectivity index (χ4n) is 3.71. The molecule has 37 heavy (non-hydrogen) atoms. The lowest BCUT2D eigenvalue weighted by Gasteiger charge is -2.17. The molecule has 198 valence electrons. The Hall–Kier alpha value is -3.47. The van der Waals surface area contributed by atoms with Crippen molar-refractivity contribution in [2.45, 2.75) is 45.3 Å². The minimum Gasteiger partial charge on any atom is -0.351 e. The summed E-state index contributed by atoms with van der Waals surface area (Å²) in [5, 5.41) is 2.69. The molecule has 0 aliphatic carbocycles. The van der Waals surface area contributed by atoms with Gasteiger partial charge >= 0.3 is 6.18 Å². The van der Waals surface area contributed by atoms with Gasteiger partial charge in [0.05, 0.1) is 11.6 Å². The first-order chi connectivity index (χ1) is 17.4. The lowest BCUT2D eigenvalue weighted by Crippen LogP contribution is -2.28. The molecule has 1 aromatic heterocycles. The number of aromatic nitrogens is 1. The van der Waals surface area contributed by atoms with Crippen LogP contribution in [0.3, 0.4) is 0 Å². The largest absolute Gasteiger partial charge is 0.433 e. The first-order valence-corrected chi connectivity index (χ1v) is 12.6. The number of carbonyl (C=O) groups is 1. The van der Waals surface area contributed by atoms with Crippen molar-refractivity contribution >= 4 is 22.5 Å². The van der Waals surface area contributed by atoms with Crippen molar-refractivity contribution in [3.63, 3.8) is 0 Å². The summed E-state index contributed by atoms with van der Waals surface area (Å²) >= 11 is 0. The molecule has 1 heterocycles. The Bertz CT molecular complexity index is 1330. The summed E-state index contributed by atoms with van der Waals surface area (Å²) in [6.07, 6.45) is -3.88. The van der Waals surface area contributed by atoms with Crippen LogP contribution in [-0.4, -0.2) is 26.4 Å². The van der Waals surface area contributed by atoms with Gasteiger partial charge in [-0.25, -0.2) is 17.8 Å². The Morgan fingerprint density at radius 2 is 1.73 bits per heavy atom. The first kappa shape index (κ1) is 28.1. The van der Waals surface area contributed by atoms with Crippen LogP contribution in [0.15, 0.2) is 54.6 Å². The number of benzene rings is 2. The van der Waals surface area contributed by atoms with Crippen molar-refractivity contribution in [1.82, 2.24) is 10.3 Å². The zero-order valence-corrected chi connectivity index (χ0v) is 21.4. The molecule has 3 rings (SSSR count). The van der Waals surface area contributed by atoms with E-state index >= 15 is 0 Å². The fraction of sp³-hybridized carbons (Fsp3) is 0.308. The summed E-state index contributed by atoms with van der Waals surface area (Å²) in [6, 6.07) is 13.6. The highest BCUT2D eigenvalue weighted by molar-refractivity contribution is 7.74. The standard InChI is InChI=1S/C26H27F4N3O3S/c1-16-4-6-18(7-5-16)8-11-22-20(10-13-24(32-22)26(28,29)30)15-31-25(34)17(2)19-9-12-23(21(27)14-19)33(3)37(35)36/h4-7,9-10,12-14,17,37H,8,11,15H2,1-3H3,(H,31,34). The molecule has 0 spiro atoms. The van der Waals surface area contributed by atoms with E-state index in [4.69, 9.17) is 0 Å². The highest BCUT2D eigenvalue weighted by Gasteiger charge is 2.33. The Labute approximate surface area is 214 Å². The molecule has 0 saturated heterocycles. The van der Waals surface area contributed by atoms with E-state index in [1.54, 1.807) is 6.92 Å². The van der Waals surface area contributed by atoms with Crippen LogP contribution in [0, 0.1) is 12.7 Å². The number of amides is 1. The Balaban J connectivity index is 1.75. The Kier molecular flexibility index (Phi) is 8.90. The van der Waals surface area contributed by atoms with Crippen LogP contribution in [0.1, 0.15) is 46.5 Å². The van der Waals surface area contributed by atoms with Crippen molar-refractivity contribution in [1.29, 1.82) is 0 Å². The molecule has 0 aliphatic heterocycles. The molecule has 0 radical (unpaired) electrons. The second-order valence-electron chi connectivity index (χ2n) is 8.70. The molecule has 1 N–H and O–H groups in total. The zero-order chi connectivity index (χ0) is 27.3. The maximum atomic E-state index is 14.4. The van der Waals surface area contributed by atoms with Gasteiger partial charge in [0.1, 0.15) is 11.5 Å². The number of aryl methyl sites for hydroxylation is 3. The van der Waals surface area contributed by atoms with E-state index < -0.39 is 40.4 Å². The number of hydrogen-bond donors (Lipinski definition) is 2. The highest BCUT2D eigenvalue weighted by atomic mass is 32.2. The van der Waals surface area contributed by atoms with Crippen LogP contribution < -0.4 is 9.62 Å². The number of rotatable bonds is 9.